The van der Waals surface area contributed by atoms with Crippen LogP contribution in [0, 0.1) is 11.3 Å². The smallest absolute Gasteiger partial charge is 0.481 e. The van der Waals surface area contributed by atoms with Gasteiger partial charge in [0.05, 0.1) is 19.5 Å². The van der Waals surface area contributed by atoms with Crippen LogP contribution < -0.4 is 16.4 Å². The number of thioether (sulfide) groups is 1. The number of carboxylic acid groups (broad SMARTS) is 1. The van der Waals surface area contributed by atoms with E-state index in [1.54, 1.807) is 6.92 Å². The normalized spacial score (nSPS) is 22.3. The number of carbonyl (C=O) groups excluding carboxylic acids is 3. The van der Waals surface area contributed by atoms with E-state index in [2.05, 4.69) is 34.4 Å². The van der Waals surface area contributed by atoms with E-state index in [4.69, 9.17) is 24.6 Å². The third-order valence-electron chi connectivity index (χ3n) is 7.52. The molecule has 1 aliphatic rings. The molecule has 11 N–H and O–H groups in total. The number of amides is 2. The molecule has 0 radical (unpaired) electrons. The summed E-state index contributed by atoms with van der Waals surface area (Å²) >= 11 is 0.726. The number of imidazole rings is 1. The zero-order valence-corrected chi connectivity index (χ0v) is 33.0. The Balaban J connectivity index is 1.52. The molecule has 1 aliphatic heterocycles. The number of aliphatic hydroxyl groups is 2. The van der Waals surface area contributed by atoms with Gasteiger partial charge in [-0.05, 0) is 6.42 Å². The Morgan fingerprint density at radius 1 is 1.11 bits per heavy atom. The molecule has 2 aromatic rings. The number of aliphatic carboxylic acids is 1. The first-order valence-corrected chi connectivity index (χ1v) is 21.4. The molecule has 30 heteroatoms. The first-order chi connectivity index (χ1) is 25.9. The molecule has 26 nitrogen and oxygen atoms in total. The highest BCUT2D eigenvalue weighted by Gasteiger charge is 2.50. The van der Waals surface area contributed by atoms with Gasteiger partial charge in [0.2, 0.25) is 11.0 Å². The van der Waals surface area contributed by atoms with Crippen molar-refractivity contribution in [3.05, 3.63) is 24.9 Å². The minimum atomic E-state index is -5.60. The maximum absolute atomic E-state index is 12.6. The molecule has 0 aliphatic carbocycles. The second kappa shape index (κ2) is 19.5. The van der Waals surface area contributed by atoms with Crippen LogP contribution in [-0.4, -0.2) is 127 Å². The molecule has 314 valence electrons. The highest BCUT2D eigenvalue weighted by atomic mass is 32.2. The van der Waals surface area contributed by atoms with Crippen molar-refractivity contribution in [3.63, 3.8) is 0 Å². The summed E-state index contributed by atoms with van der Waals surface area (Å²) in [6.45, 7) is 1.81. The van der Waals surface area contributed by atoms with Crippen molar-refractivity contribution in [3.8, 4) is 0 Å². The van der Waals surface area contributed by atoms with E-state index < -0.39 is 102 Å². The fourth-order valence-corrected chi connectivity index (χ4v) is 8.36. The molecule has 2 unspecified atom stereocenters. The number of carbonyl (C=O) groups is 4. The van der Waals surface area contributed by atoms with E-state index in [1.807, 2.05) is 0 Å². The molecule has 3 heterocycles. The molecular weight excluding hydrogens is 839 g/mol. The van der Waals surface area contributed by atoms with E-state index in [-0.39, 0.29) is 35.7 Å². The molecule has 0 saturated carbocycles. The number of ether oxygens (including phenoxy) is 1. The van der Waals surface area contributed by atoms with Gasteiger partial charge in [-0.1, -0.05) is 32.5 Å². The zero-order chi connectivity index (χ0) is 42.2. The average Bonchev–Trinajstić information content (AvgIpc) is 3.64. The van der Waals surface area contributed by atoms with Gasteiger partial charge in [-0.15, -0.1) is 0 Å². The predicted octanol–water partition coefficient (Wildman–Crippen LogP) is -1.10. The van der Waals surface area contributed by atoms with Crippen molar-refractivity contribution >= 4 is 75.1 Å². The number of fused-ring (bicyclic) bond motifs is 1. The van der Waals surface area contributed by atoms with Crippen LogP contribution in [0.15, 0.2) is 24.9 Å². The Hall–Kier alpha value is -3.23. The Labute approximate surface area is 320 Å². The molecule has 8 atom stereocenters. The second-order valence-electron chi connectivity index (χ2n) is 12.3. The Bertz CT molecular complexity index is 1930. The summed E-state index contributed by atoms with van der Waals surface area (Å²) < 4.78 is 61.9. The summed E-state index contributed by atoms with van der Waals surface area (Å²) in [4.78, 5) is 98.2. The van der Waals surface area contributed by atoms with Gasteiger partial charge in [-0.25, -0.2) is 28.6 Å². The third kappa shape index (κ3) is 13.4. The number of nitrogens with one attached hydrogen (secondary N) is 2. The minimum absolute atomic E-state index is 0.0153. The van der Waals surface area contributed by atoms with Crippen LogP contribution in [0.25, 0.3) is 11.2 Å². The Morgan fingerprint density at radius 3 is 2.39 bits per heavy atom. The number of phosphoric ester groups is 3. The second-order valence-corrected chi connectivity index (χ2v) is 17.6. The predicted molar refractivity (Wildman–Crippen MR) is 188 cm³/mol. The lowest BCUT2D eigenvalue weighted by molar-refractivity contribution is -0.144. The van der Waals surface area contributed by atoms with Crippen LogP contribution >= 0.6 is 35.2 Å². The van der Waals surface area contributed by atoms with Gasteiger partial charge in [-0.3, -0.25) is 37.3 Å². The summed E-state index contributed by atoms with van der Waals surface area (Å²) in [6, 6.07) is 0. The summed E-state index contributed by atoms with van der Waals surface area (Å²) in [5.41, 5.74) is 4.15. The quantitative estimate of drug-likeness (QED) is 0.0308. The van der Waals surface area contributed by atoms with Gasteiger partial charge in [-0.2, -0.15) is 4.31 Å². The maximum atomic E-state index is 12.6. The number of aromatic nitrogens is 4. The highest BCUT2D eigenvalue weighted by molar-refractivity contribution is 8.13. The number of nitrogen functional groups attached to an aromatic ring is 1. The SMILES string of the molecule is CC[C@@H](C(=O)O)C(=O)SCCNC(=O)/C=C/NC(=O)[C@H](O)C(C)(C)COP(=O)(O)OP(=O)(O)OC[C@H]1O[C@@H](n2cnc3c(N)ncnc32)[C@H](O)[C@@H]1OP(=O)(O)O. The first-order valence-electron chi connectivity index (χ1n) is 15.9. The molecule has 56 heavy (non-hydrogen) atoms. The highest BCUT2D eigenvalue weighted by Crippen LogP contribution is 2.61. The van der Waals surface area contributed by atoms with E-state index in [0.717, 1.165) is 41.3 Å². The van der Waals surface area contributed by atoms with Crippen LogP contribution in [-0.2, 0) is 55.5 Å². The maximum Gasteiger partial charge on any atom is 0.481 e. The number of phosphoric acid groups is 3. The van der Waals surface area contributed by atoms with Crippen molar-refractivity contribution in [2.24, 2.45) is 11.3 Å². The van der Waals surface area contributed by atoms with E-state index >= 15 is 0 Å². The summed E-state index contributed by atoms with van der Waals surface area (Å²) in [5, 5.41) is 34.3. The van der Waals surface area contributed by atoms with Crippen molar-refractivity contribution < 1.29 is 90.4 Å². The Morgan fingerprint density at radius 2 is 1.77 bits per heavy atom. The van der Waals surface area contributed by atoms with Crippen molar-refractivity contribution in [2.45, 2.75) is 57.8 Å². The topological polar surface area (TPSA) is 401 Å². The van der Waals surface area contributed by atoms with E-state index in [9.17, 15) is 62.7 Å². The van der Waals surface area contributed by atoms with Crippen LogP contribution in [0.3, 0.4) is 0 Å². The molecule has 2 amide bonds. The molecular formula is C26H40N7O19P3S. The number of rotatable bonds is 21. The van der Waals surface area contributed by atoms with Crippen LogP contribution in [0.5, 0.6) is 0 Å². The van der Waals surface area contributed by atoms with Crippen LogP contribution in [0.4, 0.5) is 5.82 Å². The van der Waals surface area contributed by atoms with Gasteiger partial charge in [0, 0.05) is 30.0 Å². The number of nitrogens with zero attached hydrogens (tertiary/aromatic N) is 4. The molecule has 0 spiro atoms. The average molecular weight is 880 g/mol. The summed E-state index contributed by atoms with van der Waals surface area (Å²) in [7, 11) is -16.5. The Kier molecular flexibility index (Phi) is 16.4. The largest absolute Gasteiger partial charge is 0.481 e. The van der Waals surface area contributed by atoms with Crippen molar-refractivity contribution in [1.82, 2.24) is 30.2 Å². The standard InChI is InChI=1S/C26H40N7O19P3S/c1-4-13(24(38)39)25(40)56-8-7-28-15(34)5-6-29-22(37)19(36)26(2,3)10-49-55(46,47)52-54(44,45)48-9-14-18(51-53(41,42)43)17(35)23(50-14)33-12-32-16-20(27)30-11-31-21(16)33/h5-6,11-14,17-19,23,35-36H,4,7-10H2,1-3H3,(H,28,34)(H,29,37)(H,38,39)(H,44,45)(H,46,47)(H2,27,30,31)(H2,41,42,43)/b6-5+/t13-,14+,17+,18+,19-,23+/m0/s1. The summed E-state index contributed by atoms with van der Waals surface area (Å²) in [6.07, 6.45) is -5.11. The molecule has 3 rings (SSSR count). The molecule has 0 bridgehead atoms. The van der Waals surface area contributed by atoms with Gasteiger partial charge >= 0.3 is 29.4 Å². The lowest BCUT2D eigenvalue weighted by Gasteiger charge is -2.29. The number of hydrogen-bond acceptors (Lipinski definition) is 19. The molecule has 2 aromatic heterocycles. The third-order valence-corrected chi connectivity index (χ3v) is 11.6. The zero-order valence-electron chi connectivity index (χ0n) is 29.5. The number of anilines is 1. The van der Waals surface area contributed by atoms with Crippen molar-refractivity contribution in [2.75, 3.05) is 31.2 Å². The van der Waals surface area contributed by atoms with Gasteiger partial charge < -0.3 is 56.0 Å². The van der Waals surface area contributed by atoms with Crippen LogP contribution in [0.1, 0.15) is 33.4 Å². The number of carboxylic acids is 1. The lowest BCUT2D eigenvalue weighted by Crippen LogP contribution is -2.44. The van der Waals surface area contributed by atoms with E-state index in [0.29, 0.717) is 0 Å². The molecule has 1 fully saturated rings. The van der Waals surface area contributed by atoms with Gasteiger partial charge in [0.25, 0.3) is 5.91 Å². The lowest BCUT2D eigenvalue weighted by atomic mass is 9.87. The molecule has 0 aromatic carbocycles. The minimum Gasteiger partial charge on any atom is -0.481 e. The fraction of sp³-hybridized carbons (Fsp3) is 0.577. The fourth-order valence-electron chi connectivity index (χ4n) is 4.66. The number of aliphatic hydroxyl groups excluding tert-OH is 2. The van der Waals surface area contributed by atoms with Gasteiger partial charge in [0.1, 0.15) is 42.2 Å². The monoisotopic (exact) mass is 879 g/mol. The first kappa shape index (κ1) is 47.1. The number of hydrogen-bond donors (Lipinski definition) is 10. The molecule has 1 saturated heterocycles. The number of nitrogens with two attached hydrogens (primary N) is 1. The van der Waals surface area contributed by atoms with Crippen LogP contribution in [0.2, 0.25) is 0 Å². The summed E-state index contributed by atoms with van der Waals surface area (Å²) in [5.74, 6) is -4.25. The van der Waals surface area contributed by atoms with Crippen molar-refractivity contribution in [1.29, 1.82) is 0 Å². The van der Waals surface area contributed by atoms with Gasteiger partial charge in [0.15, 0.2) is 17.7 Å². The van der Waals surface area contributed by atoms with E-state index in [1.165, 1.54) is 13.8 Å².